The maximum absolute atomic E-state index is 13.3. The predicted octanol–water partition coefficient (Wildman–Crippen LogP) is 3.46. The Morgan fingerprint density at radius 2 is 1.59 bits per heavy atom. The Kier molecular flexibility index (Phi) is 6.13. The molecule has 2 aromatic rings. The smallest absolute Gasteiger partial charge is 0.330 e. The van der Waals surface area contributed by atoms with E-state index in [0.29, 0.717) is 10.7 Å². The first-order valence-electron chi connectivity index (χ1n) is 11.6. The number of hydrogen-bond acceptors (Lipinski definition) is 5. The largest absolute Gasteiger partial charge is 0.454 e. The number of anilines is 1. The number of carbonyl (C=O) groups is 4. The van der Waals surface area contributed by atoms with Crippen LogP contribution in [0.1, 0.15) is 24.8 Å². The zero-order valence-electron chi connectivity index (χ0n) is 18.5. The number of rotatable bonds is 7. The third-order valence-electron chi connectivity index (χ3n) is 7.31. The number of ether oxygens (including phenoxy) is 1. The van der Waals surface area contributed by atoms with Crippen molar-refractivity contribution in [3.8, 4) is 0 Å². The third kappa shape index (κ3) is 4.09. The molecule has 3 amide bonds. The monoisotopic (exact) mass is 480 g/mol. The zero-order chi connectivity index (χ0) is 23.8. The van der Waals surface area contributed by atoms with Crippen molar-refractivity contribution in [1.29, 1.82) is 0 Å². The number of hydrogen-bond donors (Lipinski definition) is 1. The number of carbonyl (C=O) groups excluding carboxylic acids is 4. The molecule has 0 aromatic heterocycles. The van der Waals surface area contributed by atoms with Crippen LogP contribution in [0.2, 0.25) is 5.02 Å². The number of nitrogens with zero attached hydrogens (tertiary/aromatic N) is 1. The summed E-state index contributed by atoms with van der Waals surface area (Å²) in [4.78, 5) is 53.3. The number of benzene rings is 2. The Morgan fingerprint density at radius 1 is 0.971 bits per heavy atom. The van der Waals surface area contributed by atoms with E-state index in [-0.39, 0.29) is 41.9 Å². The minimum Gasteiger partial charge on any atom is -0.454 e. The highest BCUT2D eigenvalue weighted by atomic mass is 35.5. The van der Waals surface area contributed by atoms with E-state index in [4.69, 9.17) is 16.3 Å². The topological polar surface area (TPSA) is 92.8 Å². The summed E-state index contributed by atoms with van der Waals surface area (Å²) in [5.74, 6) is -2.12. The molecule has 5 atom stereocenters. The molecule has 2 aliphatic carbocycles. The Bertz CT molecular complexity index is 1110. The number of esters is 1. The molecule has 2 bridgehead atoms. The van der Waals surface area contributed by atoms with Crippen molar-refractivity contribution >= 4 is 41.0 Å². The molecule has 0 unspecified atom stereocenters. The number of likely N-dealkylation sites (tertiary alicyclic amines) is 1. The van der Waals surface area contributed by atoms with Gasteiger partial charge in [-0.3, -0.25) is 19.3 Å². The molecule has 7 nitrogen and oxygen atoms in total. The van der Waals surface area contributed by atoms with Crippen molar-refractivity contribution in [2.45, 2.75) is 31.7 Å². The van der Waals surface area contributed by atoms with Gasteiger partial charge < -0.3 is 10.1 Å². The van der Waals surface area contributed by atoms with Gasteiger partial charge in [-0.1, -0.05) is 54.1 Å². The van der Waals surface area contributed by atoms with Crippen molar-refractivity contribution in [2.75, 3.05) is 11.9 Å². The number of fused-ring (bicyclic) bond motifs is 5. The fraction of sp³-hybridized carbons (Fsp3) is 0.385. The second-order valence-electron chi connectivity index (χ2n) is 9.27. The highest BCUT2D eigenvalue weighted by Crippen LogP contribution is 2.56. The lowest BCUT2D eigenvalue weighted by Crippen LogP contribution is -2.48. The van der Waals surface area contributed by atoms with Crippen LogP contribution in [0.25, 0.3) is 0 Å². The molecule has 3 aliphatic rings. The normalized spacial score (nSPS) is 25.9. The quantitative estimate of drug-likeness (QED) is 0.484. The molecule has 176 valence electrons. The first-order valence-corrected chi connectivity index (χ1v) is 11.9. The lowest BCUT2D eigenvalue weighted by molar-refractivity contribution is -0.160. The highest BCUT2D eigenvalue weighted by Gasteiger charge is 2.62. The van der Waals surface area contributed by atoms with Gasteiger partial charge in [-0.2, -0.15) is 0 Å². The molecular formula is C26H25ClN2O5. The van der Waals surface area contributed by atoms with Gasteiger partial charge >= 0.3 is 5.97 Å². The molecule has 0 radical (unpaired) electrons. The maximum atomic E-state index is 13.3. The Morgan fingerprint density at radius 3 is 2.24 bits per heavy atom. The predicted molar refractivity (Wildman–Crippen MR) is 125 cm³/mol. The molecule has 8 heteroatoms. The summed E-state index contributed by atoms with van der Waals surface area (Å²) in [6.45, 7) is -0.552. The van der Waals surface area contributed by atoms with Crippen LogP contribution in [0.5, 0.6) is 0 Å². The summed E-state index contributed by atoms with van der Waals surface area (Å²) in [6.07, 6.45) is 2.96. The van der Waals surface area contributed by atoms with E-state index in [9.17, 15) is 19.2 Å². The van der Waals surface area contributed by atoms with Crippen LogP contribution in [0, 0.1) is 23.7 Å². The van der Waals surface area contributed by atoms with E-state index < -0.39 is 24.5 Å². The van der Waals surface area contributed by atoms with Gasteiger partial charge in [0.15, 0.2) is 6.61 Å². The number of imide groups is 1. The van der Waals surface area contributed by atoms with E-state index >= 15 is 0 Å². The van der Waals surface area contributed by atoms with E-state index in [1.165, 1.54) is 0 Å². The summed E-state index contributed by atoms with van der Waals surface area (Å²) >= 11 is 6.06. The van der Waals surface area contributed by atoms with Crippen LogP contribution < -0.4 is 5.32 Å². The molecule has 5 rings (SSSR count). The van der Waals surface area contributed by atoms with Crippen LogP contribution in [-0.2, 0) is 30.3 Å². The lowest BCUT2D eigenvalue weighted by Gasteiger charge is -2.26. The van der Waals surface area contributed by atoms with E-state index in [0.717, 1.165) is 29.7 Å². The van der Waals surface area contributed by atoms with Crippen LogP contribution in [0.3, 0.4) is 0 Å². The molecule has 2 saturated carbocycles. The molecule has 0 spiro atoms. The SMILES string of the molecule is O=C(COC(=O)[C@@H](Cc1ccccc1)N1C(=O)[C@@H]2[C@H]3CC[C@@H](C3)[C@@H]2C1=O)Nc1ccccc1Cl. The van der Waals surface area contributed by atoms with Gasteiger partial charge in [0.1, 0.15) is 6.04 Å². The molecule has 3 fully saturated rings. The Labute approximate surface area is 202 Å². The second kappa shape index (κ2) is 9.22. The van der Waals surface area contributed by atoms with Crippen molar-refractivity contribution in [3.05, 3.63) is 65.2 Å². The van der Waals surface area contributed by atoms with E-state index in [1.807, 2.05) is 30.3 Å². The molecule has 1 saturated heterocycles. The maximum Gasteiger partial charge on any atom is 0.330 e. The van der Waals surface area contributed by atoms with E-state index in [1.54, 1.807) is 24.3 Å². The summed E-state index contributed by atoms with van der Waals surface area (Å²) in [6, 6.07) is 14.8. The lowest BCUT2D eigenvalue weighted by atomic mass is 9.81. The number of halogens is 1. The average Bonchev–Trinajstić information content (AvgIpc) is 3.52. The van der Waals surface area contributed by atoms with Crippen molar-refractivity contribution in [2.24, 2.45) is 23.7 Å². The fourth-order valence-corrected chi connectivity index (χ4v) is 6.02. The van der Waals surface area contributed by atoms with Crippen LogP contribution >= 0.6 is 11.6 Å². The first kappa shape index (κ1) is 22.6. The standard InChI is InChI=1S/C26H25ClN2O5/c27-18-8-4-5-9-19(18)28-21(30)14-34-26(33)20(12-15-6-2-1-3-7-15)29-24(31)22-16-10-11-17(13-16)23(22)25(29)32/h1-9,16-17,20,22-23H,10-14H2,(H,28,30)/t16-,17-,20+,22-,23+/m0/s1. The van der Waals surface area contributed by atoms with Crippen molar-refractivity contribution < 1.29 is 23.9 Å². The fourth-order valence-electron chi connectivity index (χ4n) is 5.84. The van der Waals surface area contributed by atoms with Crippen LogP contribution in [0.4, 0.5) is 5.69 Å². The average molecular weight is 481 g/mol. The molecule has 34 heavy (non-hydrogen) atoms. The third-order valence-corrected chi connectivity index (χ3v) is 7.64. The first-order chi connectivity index (χ1) is 16.4. The zero-order valence-corrected chi connectivity index (χ0v) is 19.2. The molecular weight excluding hydrogens is 456 g/mol. The van der Waals surface area contributed by atoms with Crippen LogP contribution in [-0.4, -0.2) is 41.2 Å². The second-order valence-corrected chi connectivity index (χ2v) is 9.68. The minimum absolute atomic E-state index is 0.137. The van der Waals surface area contributed by atoms with Gasteiger partial charge in [0, 0.05) is 6.42 Å². The van der Waals surface area contributed by atoms with Gasteiger partial charge in [-0.25, -0.2) is 4.79 Å². The molecule has 1 heterocycles. The summed E-state index contributed by atoms with van der Waals surface area (Å²) < 4.78 is 5.31. The molecule has 1 N–H and O–H groups in total. The van der Waals surface area contributed by atoms with Gasteiger partial charge in [0.2, 0.25) is 11.8 Å². The number of para-hydroxylation sites is 1. The Balaban J connectivity index is 1.32. The Hall–Kier alpha value is -3.19. The summed E-state index contributed by atoms with van der Waals surface area (Å²) in [7, 11) is 0. The minimum atomic E-state index is -1.11. The summed E-state index contributed by atoms with van der Waals surface area (Å²) in [5, 5.41) is 2.96. The van der Waals surface area contributed by atoms with Crippen molar-refractivity contribution in [3.63, 3.8) is 0 Å². The highest BCUT2D eigenvalue weighted by molar-refractivity contribution is 6.33. The van der Waals surface area contributed by atoms with Gasteiger partial charge in [0.25, 0.3) is 5.91 Å². The van der Waals surface area contributed by atoms with E-state index in [2.05, 4.69) is 5.32 Å². The molecule has 1 aliphatic heterocycles. The van der Waals surface area contributed by atoms with Gasteiger partial charge in [-0.15, -0.1) is 0 Å². The van der Waals surface area contributed by atoms with Gasteiger partial charge in [0.05, 0.1) is 22.5 Å². The van der Waals surface area contributed by atoms with Crippen molar-refractivity contribution in [1.82, 2.24) is 4.90 Å². The summed E-state index contributed by atoms with van der Waals surface area (Å²) in [5.41, 5.74) is 1.20. The van der Waals surface area contributed by atoms with Gasteiger partial charge in [-0.05, 0) is 48.8 Å². The molecule has 2 aromatic carbocycles. The number of nitrogens with one attached hydrogen (secondary N) is 1. The number of amides is 3. The van der Waals surface area contributed by atoms with Crippen LogP contribution in [0.15, 0.2) is 54.6 Å².